The maximum Gasteiger partial charge on any atom is 0.416 e. The molecule has 8 heterocycles. The van der Waals surface area contributed by atoms with Crippen LogP contribution in [0.15, 0.2) is 98.1 Å². The minimum atomic E-state index is -4.42. The molecule has 2 aromatic carbocycles. The van der Waals surface area contributed by atoms with Crippen molar-refractivity contribution >= 4 is 24.3 Å². The number of alkyl halides is 6. The predicted molar refractivity (Wildman–Crippen MR) is 239 cm³/mol. The Morgan fingerprint density at radius 3 is 1.35 bits per heavy atom. The smallest absolute Gasteiger partial charge is 0.416 e. The van der Waals surface area contributed by atoms with Crippen LogP contribution in [0.5, 0.6) is 11.5 Å². The Hall–Kier alpha value is -7.90. The highest BCUT2D eigenvalue weighted by Gasteiger charge is 2.39. The molecule has 10 rings (SSSR count). The highest BCUT2D eigenvalue weighted by Crippen LogP contribution is 2.42. The molecule has 0 saturated carbocycles. The van der Waals surface area contributed by atoms with Gasteiger partial charge in [0.2, 0.25) is 0 Å². The highest BCUT2D eigenvalue weighted by molar-refractivity contribution is 5.69. The fourth-order valence-electron chi connectivity index (χ4n) is 8.39. The topological polar surface area (TPSA) is 141 Å². The van der Waals surface area contributed by atoms with E-state index in [0.29, 0.717) is 72.4 Å². The number of hydrogen-bond acceptors (Lipinski definition) is 10. The van der Waals surface area contributed by atoms with Gasteiger partial charge in [-0.15, -0.1) is 0 Å². The van der Waals surface area contributed by atoms with Gasteiger partial charge in [-0.25, -0.2) is 39.3 Å². The van der Waals surface area contributed by atoms with Gasteiger partial charge < -0.3 is 9.47 Å². The maximum atomic E-state index is 13.5. The van der Waals surface area contributed by atoms with E-state index in [4.69, 9.17) is 9.47 Å². The van der Waals surface area contributed by atoms with Gasteiger partial charge in [-0.3, -0.25) is 9.13 Å². The van der Waals surface area contributed by atoms with Crippen molar-refractivity contribution in [3.8, 4) is 23.1 Å². The zero-order chi connectivity index (χ0) is 47.7. The van der Waals surface area contributed by atoms with Gasteiger partial charge >= 0.3 is 12.4 Å². The van der Waals surface area contributed by atoms with Crippen LogP contribution in [0.2, 0.25) is 0 Å². The van der Waals surface area contributed by atoms with Gasteiger partial charge in [0.15, 0.2) is 34.8 Å². The average molecular weight is 933 g/mol. The van der Waals surface area contributed by atoms with Gasteiger partial charge in [-0.1, -0.05) is 36.4 Å². The summed E-state index contributed by atoms with van der Waals surface area (Å²) in [5.41, 5.74) is 2.48. The summed E-state index contributed by atoms with van der Waals surface area (Å²) in [5.74, 6) is 3.41. The molecule has 0 radical (unpaired) electrons. The highest BCUT2D eigenvalue weighted by atomic mass is 19.4. The predicted octanol–water partition coefficient (Wildman–Crippen LogP) is 9.80. The van der Waals surface area contributed by atoms with E-state index in [0.717, 1.165) is 34.6 Å². The SMILES string of the molecule is COc1cc(/C=C/c2nc3n(n2)CC[C@@H]3c2ccccc2C(F)(F)F)cnc1-n1cnc(C)c1.COc1cc(/C=C/c2nc3n(n2)CC[C@H]3c2ccccc2C(F)(F)F)cnc1-n1cnc(C)c1. The monoisotopic (exact) mass is 932 g/mol. The Kier molecular flexibility index (Phi) is 12.3. The van der Waals surface area contributed by atoms with E-state index in [1.807, 2.05) is 38.4 Å². The van der Waals surface area contributed by atoms with Crippen molar-refractivity contribution in [2.45, 2.75) is 64.0 Å². The molecular formula is C48H42F6N12O2. The van der Waals surface area contributed by atoms with E-state index in [1.54, 1.807) is 94.2 Å². The lowest BCUT2D eigenvalue weighted by Crippen LogP contribution is -2.12. The third-order valence-electron chi connectivity index (χ3n) is 11.5. The molecule has 2 aliphatic heterocycles. The molecule has 14 nitrogen and oxygen atoms in total. The molecule has 0 bridgehead atoms. The summed E-state index contributed by atoms with van der Waals surface area (Å²) in [6.45, 7) is 4.81. The summed E-state index contributed by atoms with van der Waals surface area (Å²) in [5, 5.41) is 8.91. The van der Waals surface area contributed by atoms with Crippen molar-refractivity contribution in [1.82, 2.24) is 58.6 Å². The second-order valence-corrected chi connectivity index (χ2v) is 16.1. The van der Waals surface area contributed by atoms with Crippen LogP contribution in [0.3, 0.4) is 0 Å². The lowest BCUT2D eigenvalue weighted by Gasteiger charge is -2.16. The number of pyridine rings is 2. The van der Waals surface area contributed by atoms with Crippen LogP contribution in [0.1, 0.15) is 92.7 Å². The summed E-state index contributed by atoms with van der Waals surface area (Å²) in [6.07, 6.45) is 9.67. The quantitative estimate of drug-likeness (QED) is 0.122. The number of methoxy groups -OCH3 is 2. The standard InChI is InChI=1S/2C24H21F3N6O/c2*1-15-13-32(14-29-15)23-20(34-2)11-16(12-28-23)7-8-21-30-22-18(9-10-33(22)31-21)17-5-3-4-6-19(17)24(25,26)27/h2*3-8,11-14,18H,9-10H2,1-2H3/b2*8-7+/t2*18-/m10/s1. The maximum absolute atomic E-state index is 13.5. The number of imidazole rings is 2. The Bertz CT molecular complexity index is 2950. The molecular weight excluding hydrogens is 891 g/mol. The number of halogens is 6. The van der Waals surface area contributed by atoms with Gasteiger partial charge in [-0.2, -0.15) is 36.5 Å². The van der Waals surface area contributed by atoms with Crippen molar-refractivity contribution in [2.24, 2.45) is 0 Å². The third kappa shape index (κ3) is 9.38. The number of aromatic nitrogens is 12. The van der Waals surface area contributed by atoms with E-state index in [-0.39, 0.29) is 11.1 Å². The molecule has 348 valence electrons. The minimum absolute atomic E-state index is 0.232. The van der Waals surface area contributed by atoms with Gasteiger partial charge in [0.25, 0.3) is 0 Å². The van der Waals surface area contributed by atoms with Crippen molar-refractivity contribution in [3.63, 3.8) is 0 Å². The van der Waals surface area contributed by atoms with Gasteiger partial charge in [-0.05, 0) is 97.5 Å². The van der Waals surface area contributed by atoms with Gasteiger partial charge in [0.05, 0.1) is 36.7 Å². The lowest BCUT2D eigenvalue weighted by molar-refractivity contribution is -0.139. The number of ether oxygens (including phenoxy) is 2. The summed E-state index contributed by atoms with van der Waals surface area (Å²) in [4.78, 5) is 26.4. The fourth-order valence-corrected chi connectivity index (χ4v) is 8.39. The van der Waals surface area contributed by atoms with Crippen molar-refractivity contribution in [2.75, 3.05) is 14.2 Å². The van der Waals surface area contributed by atoms with E-state index in [9.17, 15) is 26.3 Å². The summed E-state index contributed by atoms with van der Waals surface area (Å²) >= 11 is 0. The molecule has 0 N–H and O–H groups in total. The Balaban J connectivity index is 0.000000170. The molecule has 8 aromatic rings. The first-order valence-electron chi connectivity index (χ1n) is 21.3. The molecule has 68 heavy (non-hydrogen) atoms. The molecule has 0 spiro atoms. The molecule has 2 atom stereocenters. The molecule has 0 amide bonds. The molecule has 6 aromatic heterocycles. The lowest BCUT2D eigenvalue weighted by atomic mass is 9.92. The van der Waals surface area contributed by atoms with Gasteiger partial charge in [0.1, 0.15) is 24.3 Å². The first-order chi connectivity index (χ1) is 32.7. The van der Waals surface area contributed by atoms with Crippen LogP contribution in [-0.4, -0.2) is 72.8 Å². The van der Waals surface area contributed by atoms with Crippen LogP contribution in [0, 0.1) is 13.8 Å². The first kappa shape index (κ1) is 45.3. The first-order valence-corrected chi connectivity index (χ1v) is 21.3. The fraction of sp³-hybridized carbons (Fsp3) is 0.250. The second kappa shape index (κ2) is 18.4. The molecule has 0 unspecified atom stereocenters. The van der Waals surface area contributed by atoms with E-state index in [2.05, 4.69) is 40.1 Å². The Morgan fingerprint density at radius 1 is 0.574 bits per heavy atom. The third-order valence-corrected chi connectivity index (χ3v) is 11.5. The van der Waals surface area contributed by atoms with E-state index < -0.39 is 35.3 Å². The second-order valence-electron chi connectivity index (χ2n) is 16.1. The number of aryl methyl sites for hydroxylation is 4. The molecule has 0 saturated heterocycles. The summed E-state index contributed by atoms with van der Waals surface area (Å²) in [7, 11) is 3.14. The van der Waals surface area contributed by atoms with Crippen molar-refractivity contribution in [3.05, 3.63) is 166 Å². The largest absolute Gasteiger partial charge is 0.493 e. The zero-order valence-electron chi connectivity index (χ0n) is 37.0. The van der Waals surface area contributed by atoms with Crippen LogP contribution >= 0.6 is 0 Å². The van der Waals surface area contributed by atoms with E-state index >= 15 is 0 Å². The number of fused-ring (bicyclic) bond motifs is 2. The Morgan fingerprint density at radius 2 is 0.985 bits per heavy atom. The van der Waals surface area contributed by atoms with Gasteiger partial charge in [0, 0.05) is 49.7 Å². The van der Waals surface area contributed by atoms with Crippen LogP contribution in [0.4, 0.5) is 26.3 Å². The number of hydrogen-bond donors (Lipinski definition) is 0. The van der Waals surface area contributed by atoms with Crippen molar-refractivity contribution in [1.29, 1.82) is 0 Å². The molecule has 20 heteroatoms. The normalized spacial score (nSPS) is 15.7. The van der Waals surface area contributed by atoms with Crippen LogP contribution in [0.25, 0.3) is 35.9 Å². The minimum Gasteiger partial charge on any atom is -0.493 e. The molecule has 0 fully saturated rings. The zero-order valence-corrected chi connectivity index (χ0v) is 37.0. The number of nitrogens with zero attached hydrogens (tertiary/aromatic N) is 12. The summed E-state index contributed by atoms with van der Waals surface area (Å²) < 4.78 is 99.0. The van der Waals surface area contributed by atoms with E-state index in [1.165, 1.54) is 24.3 Å². The van der Waals surface area contributed by atoms with Crippen molar-refractivity contribution < 1.29 is 35.8 Å². The van der Waals surface area contributed by atoms with Crippen LogP contribution < -0.4 is 9.47 Å². The Labute approximate surface area is 385 Å². The number of rotatable bonds is 10. The number of benzene rings is 2. The molecule has 2 aliphatic rings. The average Bonchev–Trinajstić information content (AvgIpc) is 4.20. The summed E-state index contributed by atoms with van der Waals surface area (Å²) in [6, 6.07) is 15.0. The van der Waals surface area contributed by atoms with Crippen LogP contribution in [-0.2, 0) is 25.4 Å². The molecule has 0 aliphatic carbocycles.